The summed E-state index contributed by atoms with van der Waals surface area (Å²) in [5, 5.41) is 5.99. The zero-order valence-corrected chi connectivity index (χ0v) is 12.3. The number of aromatic nitrogens is 2. The minimum absolute atomic E-state index is 0.0177. The van der Waals surface area contributed by atoms with Crippen LogP contribution < -0.4 is 10.6 Å². The van der Waals surface area contributed by atoms with Crippen LogP contribution in [-0.2, 0) is 0 Å². The van der Waals surface area contributed by atoms with Crippen LogP contribution in [0, 0.1) is 0 Å². The number of benzene rings is 1. The molecule has 6 heteroatoms. The van der Waals surface area contributed by atoms with Crippen LogP contribution in [0.4, 0.5) is 10.7 Å². The molecule has 1 aromatic heterocycles. The maximum atomic E-state index is 12.2. The Morgan fingerprint density at radius 3 is 2.59 bits per heavy atom. The summed E-state index contributed by atoms with van der Waals surface area (Å²) >= 11 is 0. The van der Waals surface area contributed by atoms with Crippen molar-refractivity contribution >= 4 is 12.0 Å². The fourth-order valence-corrected chi connectivity index (χ4v) is 2.49. The smallest absolute Gasteiger partial charge is 0.317 e. The van der Waals surface area contributed by atoms with Gasteiger partial charge in [0.2, 0.25) is 5.95 Å². The van der Waals surface area contributed by atoms with Gasteiger partial charge >= 0.3 is 6.03 Å². The molecule has 1 atom stereocenters. The second-order valence-corrected chi connectivity index (χ2v) is 5.14. The number of likely N-dealkylation sites (tertiary alicyclic amines) is 1. The molecule has 0 spiro atoms. The summed E-state index contributed by atoms with van der Waals surface area (Å²) in [7, 11) is 0. The molecule has 6 nitrogen and oxygen atoms in total. The van der Waals surface area contributed by atoms with E-state index in [1.165, 1.54) is 5.56 Å². The summed E-state index contributed by atoms with van der Waals surface area (Å²) in [6.07, 6.45) is 4.38. The average molecular weight is 297 g/mol. The van der Waals surface area contributed by atoms with Gasteiger partial charge in [-0.3, -0.25) is 0 Å². The molecule has 1 unspecified atom stereocenters. The first-order valence-electron chi connectivity index (χ1n) is 7.45. The van der Waals surface area contributed by atoms with Gasteiger partial charge in [-0.1, -0.05) is 30.3 Å². The summed E-state index contributed by atoms with van der Waals surface area (Å²) in [5.74, 6) is 0.572. The first kappa shape index (κ1) is 14.3. The summed E-state index contributed by atoms with van der Waals surface area (Å²) in [6.45, 7) is 1.94. The third-order valence-corrected chi connectivity index (χ3v) is 3.71. The molecule has 1 saturated heterocycles. The molecule has 3 rings (SSSR count). The lowest BCUT2D eigenvalue weighted by Crippen LogP contribution is -2.50. The van der Waals surface area contributed by atoms with Crippen LogP contribution in [0.1, 0.15) is 18.0 Å². The number of rotatable bonds is 5. The second kappa shape index (κ2) is 6.89. The van der Waals surface area contributed by atoms with Crippen molar-refractivity contribution in [1.29, 1.82) is 0 Å². The Bertz CT molecular complexity index is 604. The predicted octanol–water partition coefficient (Wildman–Crippen LogP) is 2.05. The van der Waals surface area contributed by atoms with E-state index in [9.17, 15) is 4.79 Å². The molecule has 22 heavy (non-hydrogen) atoms. The third kappa shape index (κ3) is 3.33. The number of carbonyl (C=O) groups excluding carboxylic acids is 1. The van der Waals surface area contributed by atoms with Crippen molar-refractivity contribution in [3.63, 3.8) is 0 Å². The number of amides is 2. The van der Waals surface area contributed by atoms with Crippen LogP contribution >= 0.6 is 0 Å². The molecule has 2 aromatic rings. The number of anilines is 1. The Balaban J connectivity index is 1.43. The van der Waals surface area contributed by atoms with Gasteiger partial charge in [0.05, 0.1) is 6.04 Å². The van der Waals surface area contributed by atoms with Crippen molar-refractivity contribution in [2.45, 2.75) is 12.5 Å². The molecule has 0 saturated carbocycles. The number of nitrogens with one attached hydrogen (secondary N) is 2. The Hall–Kier alpha value is -2.63. The highest BCUT2D eigenvalue weighted by Gasteiger charge is 2.32. The summed E-state index contributed by atoms with van der Waals surface area (Å²) in [5.41, 5.74) is 1.19. The Labute approximate surface area is 129 Å². The van der Waals surface area contributed by atoms with Gasteiger partial charge in [0.1, 0.15) is 0 Å². The molecule has 1 aromatic carbocycles. The predicted molar refractivity (Wildman–Crippen MR) is 84.4 cm³/mol. The van der Waals surface area contributed by atoms with Crippen molar-refractivity contribution in [2.75, 3.05) is 25.0 Å². The van der Waals surface area contributed by atoms with E-state index >= 15 is 0 Å². The highest BCUT2D eigenvalue weighted by Crippen LogP contribution is 2.32. The van der Waals surface area contributed by atoms with E-state index in [0.717, 1.165) is 13.0 Å². The van der Waals surface area contributed by atoms with Crippen molar-refractivity contribution in [2.24, 2.45) is 0 Å². The lowest BCUT2D eigenvalue weighted by Gasteiger charge is -2.41. The maximum Gasteiger partial charge on any atom is 0.317 e. The molecule has 2 heterocycles. The van der Waals surface area contributed by atoms with E-state index in [2.05, 4.69) is 32.7 Å². The Kier molecular flexibility index (Phi) is 4.48. The maximum absolute atomic E-state index is 12.2. The molecule has 114 valence electrons. The third-order valence-electron chi connectivity index (χ3n) is 3.71. The van der Waals surface area contributed by atoms with Gasteiger partial charge in [-0.15, -0.1) is 0 Å². The molecule has 2 N–H and O–H groups in total. The standard InChI is InChI=1S/C16H19N5O/c22-16(20-11-10-19-15-17-8-4-9-18-15)21-12-7-14(21)13-5-2-1-3-6-13/h1-6,8-9,14H,7,10-12H2,(H,20,22)(H,17,18,19). The van der Waals surface area contributed by atoms with E-state index < -0.39 is 0 Å². The van der Waals surface area contributed by atoms with Crippen molar-refractivity contribution < 1.29 is 4.79 Å². The van der Waals surface area contributed by atoms with Gasteiger partial charge in [0, 0.05) is 32.0 Å². The SMILES string of the molecule is O=C(NCCNc1ncccn1)N1CCC1c1ccccc1. The second-order valence-electron chi connectivity index (χ2n) is 5.14. The van der Waals surface area contributed by atoms with Crippen molar-refractivity contribution in [1.82, 2.24) is 20.2 Å². The normalized spacial score (nSPS) is 16.7. The van der Waals surface area contributed by atoms with Crippen LogP contribution in [-0.4, -0.2) is 40.5 Å². The molecular formula is C16H19N5O. The fraction of sp³-hybridized carbons (Fsp3) is 0.312. The number of carbonyl (C=O) groups is 1. The fourth-order valence-electron chi connectivity index (χ4n) is 2.49. The lowest BCUT2D eigenvalue weighted by molar-refractivity contribution is 0.115. The minimum Gasteiger partial charge on any atom is -0.352 e. The monoisotopic (exact) mass is 297 g/mol. The molecule has 1 aliphatic rings. The van der Waals surface area contributed by atoms with Crippen LogP contribution in [0.15, 0.2) is 48.8 Å². The quantitative estimate of drug-likeness (QED) is 0.829. The molecule has 1 fully saturated rings. The van der Waals surface area contributed by atoms with Gasteiger partial charge < -0.3 is 15.5 Å². The summed E-state index contributed by atoms with van der Waals surface area (Å²) < 4.78 is 0. The van der Waals surface area contributed by atoms with Gasteiger partial charge in [0.25, 0.3) is 0 Å². The van der Waals surface area contributed by atoms with Gasteiger partial charge in [0.15, 0.2) is 0 Å². The number of urea groups is 1. The van der Waals surface area contributed by atoms with E-state index in [1.54, 1.807) is 18.5 Å². The van der Waals surface area contributed by atoms with Gasteiger partial charge in [-0.2, -0.15) is 0 Å². The first-order valence-corrected chi connectivity index (χ1v) is 7.45. The highest BCUT2D eigenvalue weighted by molar-refractivity contribution is 5.75. The Morgan fingerprint density at radius 2 is 1.91 bits per heavy atom. The largest absolute Gasteiger partial charge is 0.352 e. The van der Waals surface area contributed by atoms with Gasteiger partial charge in [-0.05, 0) is 18.1 Å². The minimum atomic E-state index is -0.0177. The first-order chi connectivity index (χ1) is 10.8. The van der Waals surface area contributed by atoms with E-state index in [4.69, 9.17) is 0 Å². The lowest BCUT2D eigenvalue weighted by atomic mass is 9.95. The van der Waals surface area contributed by atoms with E-state index in [0.29, 0.717) is 19.0 Å². The highest BCUT2D eigenvalue weighted by atomic mass is 16.2. The van der Waals surface area contributed by atoms with Crippen molar-refractivity contribution in [3.05, 3.63) is 54.4 Å². The number of nitrogens with zero attached hydrogens (tertiary/aromatic N) is 3. The van der Waals surface area contributed by atoms with Crippen LogP contribution in [0.3, 0.4) is 0 Å². The molecule has 1 aliphatic heterocycles. The zero-order valence-electron chi connectivity index (χ0n) is 12.3. The molecule has 0 aliphatic carbocycles. The van der Waals surface area contributed by atoms with Gasteiger partial charge in [-0.25, -0.2) is 14.8 Å². The molecule has 0 bridgehead atoms. The van der Waals surface area contributed by atoms with Crippen LogP contribution in [0.2, 0.25) is 0 Å². The molecule has 0 radical (unpaired) electrons. The Morgan fingerprint density at radius 1 is 1.14 bits per heavy atom. The molecular weight excluding hydrogens is 278 g/mol. The summed E-state index contributed by atoms with van der Waals surface area (Å²) in [6, 6.07) is 12.1. The van der Waals surface area contributed by atoms with E-state index in [1.807, 2.05) is 23.1 Å². The van der Waals surface area contributed by atoms with Crippen LogP contribution in [0.25, 0.3) is 0 Å². The topological polar surface area (TPSA) is 70.1 Å². The van der Waals surface area contributed by atoms with Crippen LogP contribution in [0.5, 0.6) is 0 Å². The average Bonchev–Trinajstić information content (AvgIpc) is 2.53. The summed E-state index contributed by atoms with van der Waals surface area (Å²) in [4.78, 5) is 22.2. The van der Waals surface area contributed by atoms with E-state index in [-0.39, 0.29) is 12.1 Å². The number of hydrogen-bond acceptors (Lipinski definition) is 4. The zero-order chi connectivity index (χ0) is 15.2. The molecule has 2 amide bonds. The van der Waals surface area contributed by atoms with Crippen molar-refractivity contribution in [3.8, 4) is 0 Å². The number of hydrogen-bond donors (Lipinski definition) is 2.